The van der Waals surface area contributed by atoms with Gasteiger partial charge in [-0.25, -0.2) is 14.0 Å². The molecule has 0 fully saturated rings. The fourth-order valence-electron chi connectivity index (χ4n) is 1.36. The van der Waals surface area contributed by atoms with Crippen LogP contribution in [0.5, 0.6) is 0 Å². The van der Waals surface area contributed by atoms with Gasteiger partial charge < -0.3 is 20.5 Å². The third kappa shape index (κ3) is 5.38. The minimum absolute atomic E-state index is 0.246. The molecule has 1 rings (SSSR count). The van der Waals surface area contributed by atoms with Crippen LogP contribution in [-0.2, 0) is 14.3 Å². The highest BCUT2D eigenvalue weighted by Gasteiger charge is 2.23. The lowest BCUT2D eigenvalue weighted by Crippen LogP contribution is -2.44. The number of nitrogens with one attached hydrogen (secondary N) is 2. The predicted octanol–water partition coefficient (Wildman–Crippen LogP) is 1.73. The quantitative estimate of drug-likeness (QED) is 0.691. The number of rotatable bonds is 5. The number of benzene rings is 1. The molecule has 0 aromatic heterocycles. The summed E-state index contributed by atoms with van der Waals surface area (Å²) in [6.07, 6.45) is -0.510. The van der Waals surface area contributed by atoms with E-state index in [1.807, 2.05) is 0 Å². The molecule has 0 aliphatic heterocycles. The molecule has 1 aromatic rings. The minimum atomic E-state index is -1.43. The van der Waals surface area contributed by atoms with E-state index < -0.39 is 36.2 Å². The molecule has 3 N–H and O–H groups in total. The molecule has 21 heavy (non-hydrogen) atoms. The van der Waals surface area contributed by atoms with Crippen LogP contribution >= 0.6 is 15.9 Å². The zero-order valence-corrected chi connectivity index (χ0v) is 12.4. The van der Waals surface area contributed by atoms with E-state index in [2.05, 4.69) is 31.3 Å². The smallest absolute Gasteiger partial charge is 0.326 e. The lowest BCUT2D eigenvalue weighted by molar-refractivity contribution is -0.147. The SMILES string of the molecule is COC(=O)C[C@H](NC(=O)Nc1ccc(F)cc1Br)C(=O)O. The molecule has 0 spiro atoms. The van der Waals surface area contributed by atoms with E-state index in [1.54, 1.807) is 0 Å². The topological polar surface area (TPSA) is 105 Å². The Kier molecular flexibility index (Phi) is 6.10. The van der Waals surface area contributed by atoms with Gasteiger partial charge in [0.15, 0.2) is 0 Å². The summed E-state index contributed by atoms with van der Waals surface area (Å²) in [7, 11) is 1.11. The Balaban J connectivity index is 2.69. The number of anilines is 1. The van der Waals surface area contributed by atoms with Crippen molar-refractivity contribution in [2.45, 2.75) is 12.5 Å². The van der Waals surface area contributed by atoms with Crippen LogP contribution in [0, 0.1) is 5.82 Å². The van der Waals surface area contributed by atoms with Gasteiger partial charge in [0.05, 0.1) is 19.2 Å². The zero-order valence-electron chi connectivity index (χ0n) is 10.9. The number of methoxy groups -OCH3 is 1. The molecule has 0 heterocycles. The first-order chi connectivity index (χ1) is 9.83. The Morgan fingerprint density at radius 3 is 2.62 bits per heavy atom. The Morgan fingerprint density at radius 1 is 1.43 bits per heavy atom. The summed E-state index contributed by atoms with van der Waals surface area (Å²) in [6.45, 7) is 0. The summed E-state index contributed by atoms with van der Waals surface area (Å²) < 4.78 is 17.5. The van der Waals surface area contributed by atoms with Crippen molar-refractivity contribution < 1.29 is 28.6 Å². The number of esters is 1. The van der Waals surface area contributed by atoms with Crippen molar-refractivity contribution >= 4 is 39.6 Å². The molecule has 0 unspecified atom stereocenters. The number of halogens is 2. The van der Waals surface area contributed by atoms with Gasteiger partial charge in [-0.2, -0.15) is 0 Å². The van der Waals surface area contributed by atoms with Crippen LogP contribution < -0.4 is 10.6 Å². The van der Waals surface area contributed by atoms with Crippen molar-refractivity contribution in [1.82, 2.24) is 5.32 Å². The Hall–Kier alpha value is -2.16. The third-order valence-corrected chi connectivity index (χ3v) is 3.04. The number of aliphatic carboxylic acids is 1. The molecule has 0 radical (unpaired) electrons. The molecule has 7 nitrogen and oxygen atoms in total. The van der Waals surface area contributed by atoms with Gasteiger partial charge in [0.2, 0.25) is 0 Å². The molecule has 9 heteroatoms. The number of carboxylic acids is 1. The second-order valence-corrected chi connectivity index (χ2v) is 4.75. The van der Waals surface area contributed by atoms with Crippen LogP contribution in [0.1, 0.15) is 6.42 Å². The van der Waals surface area contributed by atoms with Gasteiger partial charge in [0.25, 0.3) is 0 Å². The first-order valence-corrected chi connectivity index (χ1v) is 6.45. The van der Waals surface area contributed by atoms with Crippen molar-refractivity contribution in [2.75, 3.05) is 12.4 Å². The number of hydrogen-bond donors (Lipinski definition) is 3. The fraction of sp³-hybridized carbons (Fsp3) is 0.250. The number of carbonyl (C=O) groups excluding carboxylic acids is 2. The summed E-state index contributed by atoms with van der Waals surface area (Å²) in [5.74, 6) is -2.65. The van der Waals surface area contributed by atoms with Crippen molar-refractivity contribution in [3.63, 3.8) is 0 Å². The van der Waals surface area contributed by atoms with E-state index in [-0.39, 0.29) is 10.2 Å². The zero-order chi connectivity index (χ0) is 16.0. The number of carboxylic acid groups (broad SMARTS) is 1. The monoisotopic (exact) mass is 362 g/mol. The molecule has 0 aliphatic carbocycles. The van der Waals surface area contributed by atoms with Gasteiger partial charge >= 0.3 is 18.0 Å². The second-order valence-electron chi connectivity index (χ2n) is 3.89. The minimum Gasteiger partial charge on any atom is -0.480 e. The summed E-state index contributed by atoms with van der Waals surface area (Å²) in [4.78, 5) is 33.7. The van der Waals surface area contributed by atoms with Crippen molar-refractivity contribution in [3.8, 4) is 0 Å². The van der Waals surface area contributed by atoms with Gasteiger partial charge in [-0.1, -0.05) is 0 Å². The number of amides is 2. The molecule has 0 saturated carbocycles. The maximum atomic E-state index is 12.9. The summed E-state index contributed by atoms with van der Waals surface area (Å²) in [6, 6.07) is 1.28. The maximum Gasteiger partial charge on any atom is 0.326 e. The molecule has 114 valence electrons. The van der Waals surface area contributed by atoms with Crippen LogP contribution in [-0.4, -0.2) is 36.2 Å². The molecule has 0 aliphatic rings. The lowest BCUT2D eigenvalue weighted by Gasteiger charge is -2.14. The molecule has 0 saturated heterocycles. The van der Waals surface area contributed by atoms with Gasteiger partial charge in [0, 0.05) is 4.47 Å². The highest BCUT2D eigenvalue weighted by molar-refractivity contribution is 9.10. The lowest BCUT2D eigenvalue weighted by atomic mass is 10.2. The van der Waals surface area contributed by atoms with Crippen LogP contribution in [0.4, 0.5) is 14.9 Å². The Bertz CT molecular complexity index is 567. The molecule has 0 bridgehead atoms. The van der Waals surface area contributed by atoms with Crippen LogP contribution in [0.3, 0.4) is 0 Å². The maximum absolute atomic E-state index is 12.9. The molecule has 2 amide bonds. The van der Waals surface area contributed by atoms with Gasteiger partial charge in [-0.05, 0) is 34.1 Å². The Morgan fingerprint density at radius 2 is 2.10 bits per heavy atom. The summed E-state index contributed by atoms with van der Waals surface area (Å²) in [5.41, 5.74) is 0.246. The van der Waals surface area contributed by atoms with Crippen LogP contribution in [0.2, 0.25) is 0 Å². The van der Waals surface area contributed by atoms with E-state index in [0.717, 1.165) is 19.2 Å². The fourth-order valence-corrected chi connectivity index (χ4v) is 1.81. The highest BCUT2D eigenvalue weighted by Crippen LogP contribution is 2.22. The van der Waals surface area contributed by atoms with E-state index in [9.17, 15) is 18.8 Å². The highest BCUT2D eigenvalue weighted by atomic mass is 79.9. The van der Waals surface area contributed by atoms with E-state index >= 15 is 0 Å². The van der Waals surface area contributed by atoms with E-state index in [1.165, 1.54) is 6.07 Å². The number of ether oxygens (including phenoxy) is 1. The third-order valence-electron chi connectivity index (χ3n) is 2.38. The van der Waals surface area contributed by atoms with Crippen molar-refractivity contribution in [1.29, 1.82) is 0 Å². The number of carbonyl (C=O) groups is 3. The molecule has 1 atom stereocenters. The van der Waals surface area contributed by atoms with Gasteiger partial charge in [-0.15, -0.1) is 0 Å². The molecular formula is C12H12BrFN2O5. The summed E-state index contributed by atoms with van der Waals surface area (Å²) in [5, 5.41) is 13.4. The molecule has 1 aromatic carbocycles. The first-order valence-electron chi connectivity index (χ1n) is 5.65. The Labute approximate surface area is 127 Å². The normalized spacial score (nSPS) is 11.4. The second kappa shape index (κ2) is 7.58. The van der Waals surface area contributed by atoms with E-state index in [0.29, 0.717) is 0 Å². The van der Waals surface area contributed by atoms with Crippen molar-refractivity contribution in [2.24, 2.45) is 0 Å². The average molecular weight is 363 g/mol. The largest absolute Gasteiger partial charge is 0.480 e. The van der Waals surface area contributed by atoms with Gasteiger partial charge in [-0.3, -0.25) is 4.79 Å². The van der Waals surface area contributed by atoms with Gasteiger partial charge in [0.1, 0.15) is 11.9 Å². The van der Waals surface area contributed by atoms with Crippen molar-refractivity contribution in [3.05, 3.63) is 28.5 Å². The summed E-state index contributed by atoms with van der Waals surface area (Å²) >= 11 is 3.05. The molecular weight excluding hydrogens is 351 g/mol. The first kappa shape index (κ1) is 16.9. The number of hydrogen-bond acceptors (Lipinski definition) is 4. The predicted molar refractivity (Wildman–Crippen MR) is 74.3 cm³/mol. The van der Waals surface area contributed by atoms with E-state index in [4.69, 9.17) is 5.11 Å². The van der Waals surface area contributed by atoms with Crippen LogP contribution in [0.15, 0.2) is 22.7 Å². The average Bonchev–Trinajstić information content (AvgIpc) is 2.40. The van der Waals surface area contributed by atoms with Crippen LogP contribution in [0.25, 0.3) is 0 Å². The standard InChI is InChI=1S/C12H12BrFN2O5/c1-21-10(17)5-9(11(18)19)16-12(20)15-8-3-2-6(14)4-7(8)13/h2-4,9H,5H2,1H3,(H,18,19)(H2,15,16,20)/t9-/m0/s1. The number of urea groups is 1.